The highest BCUT2D eigenvalue weighted by atomic mass is 32.2. The van der Waals surface area contributed by atoms with Crippen molar-refractivity contribution in [2.24, 2.45) is 0 Å². The van der Waals surface area contributed by atoms with Gasteiger partial charge in [0.1, 0.15) is 18.4 Å². The second-order valence-electron chi connectivity index (χ2n) is 11.3. The second-order valence-corrected chi connectivity index (χ2v) is 13.1. The Bertz CT molecular complexity index is 1560. The van der Waals surface area contributed by atoms with Crippen LogP contribution in [0.25, 0.3) is 0 Å². The topological polar surface area (TPSA) is 105 Å². The van der Waals surface area contributed by atoms with E-state index in [1.165, 1.54) is 49.5 Å². The van der Waals surface area contributed by atoms with Crippen molar-refractivity contribution in [2.75, 3.05) is 25.1 Å². The number of carbonyl (C=O) groups excluding carboxylic acids is 2. The zero-order valence-corrected chi connectivity index (χ0v) is 27.1. The minimum Gasteiger partial charge on any atom is -0.493 e. The Labute approximate surface area is 265 Å². The lowest BCUT2D eigenvalue weighted by Crippen LogP contribution is -2.54. The summed E-state index contributed by atoms with van der Waals surface area (Å²) < 4.78 is 53.8. The number of anilines is 1. The lowest BCUT2D eigenvalue weighted by Gasteiger charge is -2.34. The van der Waals surface area contributed by atoms with Gasteiger partial charge in [-0.25, -0.2) is 12.8 Å². The first-order valence-electron chi connectivity index (χ1n) is 15.2. The minimum atomic E-state index is -4.31. The quantitative estimate of drug-likeness (QED) is 0.261. The van der Waals surface area contributed by atoms with Gasteiger partial charge in [0.05, 0.1) is 24.8 Å². The lowest BCUT2D eigenvalue weighted by atomic mass is 9.95. The molecule has 0 bridgehead atoms. The van der Waals surface area contributed by atoms with Gasteiger partial charge in [0.2, 0.25) is 11.8 Å². The maximum Gasteiger partial charge on any atom is 0.264 e. The van der Waals surface area contributed by atoms with E-state index in [0.29, 0.717) is 17.7 Å². The Morgan fingerprint density at radius 3 is 2.18 bits per heavy atom. The summed E-state index contributed by atoms with van der Waals surface area (Å²) in [5.74, 6) is -0.712. The summed E-state index contributed by atoms with van der Waals surface area (Å²) >= 11 is 0. The van der Waals surface area contributed by atoms with E-state index in [4.69, 9.17) is 9.47 Å². The second kappa shape index (κ2) is 15.2. The first kappa shape index (κ1) is 33.8. The van der Waals surface area contributed by atoms with Crippen molar-refractivity contribution >= 4 is 27.5 Å². The average molecular weight is 640 g/mol. The number of aryl methyl sites for hydroxylation is 1. The molecule has 0 aliphatic heterocycles. The Balaban J connectivity index is 1.73. The van der Waals surface area contributed by atoms with Crippen LogP contribution in [0.1, 0.15) is 56.6 Å². The molecule has 242 valence electrons. The standard InChI is InChI=1S/C34H42FN3O6S/c1-5-30(34(40)36-27-9-7-6-8-10-27)37(22-25-13-15-26(35)16-14-25)33(39)23-38(28-17-11-24(2)12-18-28)45(41,42)29-19-20-31(43-3)32(21-29)44-4/h11-21,27,30H,5-10,22-23H2,1-4H3,(H,36,40)/t30-/m0/s1. The third kappa shape index (κ3) is 8.33. The Kier molecular flexibility index (Phi) is 11.4. The molecule has 0 spiro atoms. The fourth-order valence-corrected chi connectivity index (χ4v) is 7.02. The largest absolute Gasteiger partial charge is 0.493 e. The number of ether oxygens (including phenoxy) is 2. The number of carbonyl (C=O) groups is 2. The van der Waals surface area contributed by atoms with Gasteiger partial charge in [0.15, 0.2) is 11.5 Å². The van der Waals surface area contributed by atoms with Gasteiger partial charge in [0, 0.05) is 18.7 Å². The van der Waals surface area contributed by atoms with Crippen LogP contribution in [-0.2, 0) is 26.2 Å². The first-order chi connectivity index (χ1) is 21.6. The minimum absolute atomic E-state index is 0.00610. The third-order valence-corrected chi connectivity index (χ3v) is 9.92. The van der Waals surface area contributed by atoms with Crippen molar-refractivity contribution in [3.63, 3.8) is 0 Å². The van der Waals surface area contributed by atoms with Crippen molar-refractivity contribution in [1.29, 1.82) is 0 Å². The SMILES string of the molecule is CC[C@@H](C(=O)NC1CCCCC1)N(Cc1ccc(F)cc1)C(=O)CN(c1ccc(C)cc1)S(=O)(=O)c1ccc(OC)c(OC)c1. The van der Waals surface area contributed by atoms with Crippen LogP contribution in [-0.4, -0.2) is 58.0 Å². The van der Waals surface area contributed by atoms with Gasteiger partial charge < -0.3 is 19.7 Å². The molecule has 4 rings (SSSR count). The molecule has 2 amide bonds. The number of halogens is 1. The van der Waals surface area contributed by atoms with Crippen LogP contribution in [0.5, 0.6) is 11.5 Å². The molecular formula is C34H42FN3O6S. The summed E-state index contributed by atoms with van der Waals surface area (Å²) in [6.45, 7) is 3.11. The molecule has 0 radical (unpaired) electrons. The predicted molar refractivity (Wildman–Crippen MR) is 171 cm³/mol. The Hall–Kier alpha value is -4.12. The van der Waals surface area contributed by atoms with E-state index in [-0.39, 0.29) is 34.8 Å². The zero-order chi connectivity index (χ0) is 32.6. The van der Waals surface area contributed by atoms with E-state index in [0.717, 1.165) is 42.0 Å². The molecule has 3 aromatic carbocycles. The van der Waals surface area contributed by atoms with E-state index >= 15 is 0 Å². The normalized spacial score (nSPS) is 14.3. The van der Waals surface area contributed by atoms with Crippen LogP contribution >= 0.6 is 0 Å². The summed E-state index contributed by atoms with van der Waals surface area (Å²) in [6, 6.07) is 15.9. The molecule has 0 unspecified atom stereocenters. The maximum atomic E-state index is 14.3. The van der Waals surface area contributed by atoms with E-state index < -0.39 is 34.3 Å². The summed E-state index contributed by atoms with van der Waals surface area (Å²) in [5, 5.41) is 3.12. The van der Waals surface area contributed by atoms with Crippen LogP contribution in [0.15, 0.2) is 71.6 Å². The van der Waals surface area contributed by atoms with Crippen molar-refractivity contribution in [3.05, 3.63) is 83.7 Å². The van der Waals surface area contributed by atoms with Gasteiger partial charge >= 0.3 is 0 Å². The molecule has 1 N–H and O–H groups in total. The third-order valence-electron chi connectivity index (χ3n) is 8.15. The molecule has 1 fully saturated rings. The van der Waals surface area contributed by atoms with Crippen molar-refractivity contribution in [2.45, 2.75) is 75.9 Å². The van der Waals surface area contributed by atoms with Gasteiger partial charge in [-0.3, -0.25) is 13.9 Å². The molecule has 45 heavy (non-hydrogen) atoms. The molecule has 9 nitrogen and oxygen atoms in total. The summed E-state index contributed by atoms with van der Waals surface area (Å²) in [7, 11) is -1.45. The highest BCUT2D eigenvalue weighted by molar-refractivity contribution is 7.92. The van der Waals surface area contributed by atoms with Gasteiger partial charge in [-0.2, -0.15) is 0 Å². The molecule has 1 saturated carbocycles. The van der Waals surface area contributed by atoms with Gasteiger partial charge in [-0.1, -0.05) is 56.0 Å². The van der Waals surface area contributed by atoms with Crippen LogP contribution in [0, 0.1) is 12.7 Å². The predicted octanol–water partition coefficient (Wildman–Crippen LogP) is 5.60. The van der Waals surface area contributed by atoms with Crippen molar-refractivity contribution in [1.82, 2.24) is 10.2 Å². The fourth-order valence-electron chi connectivity index (χ4n) is 5.59. The molecule has 0 saturated heterocycles. The number of amides is 2. The molecule has 3 aromatic rings. The van der Waals surface area contributed by atoms with E-state index in [9.17, 15) is 22.4 Å². The number of rotatable bonds is 13. The van der Waals surface area contributed by atoms with E-state index in [2.05, 4.69) is 5.32 Å². The average Bonchev–Trinajstić information content (AvgIpc) is 3.04. The number of methoxy groups -OCH3 is 2. The monoisotopic (exact) mass is 639 g/mol. The van der Waals surface area contributed by atoms with Gasteiger partial charge in [0.25, 0.3) is 10.0 Å². The lowest BCUT2D eigenvalue weighted by molar-refractivity contribution is -0.140. The molecule has 1 aliphatic carbocycles. The molecular weight excluding hydrogens is 597 g/mol. The highest BCUT2D eigenvalue weighted by Gasteiger charge is 2.35. The number of hydrogen-bond acceptors (Lipinski definition) is 6. The summed E-state index contributed by atoms with van der Waals surface area (Å²) in [4.78, 5) is 29.2. The number of nitrogens with one attached hydrogen (secondary N) is 1. The van der Waals surface area contributed by atoms with Crippen molar-refractivity contribution < 1.29 is 31.9 Å². The molecule has 0 heterocycles. The smallest absolute Gasteiger partial charge is 0.264 e. The summed E-state index contributed by atoms with van der Waals surface area (Å²) in [6.07, 6.45) is 5.23. The maximum absolute atomic E-state index is 14.3. The van der Waals surface area contributed by atoms with E-state index in [1.54, 1.807) is 36.4 Å². The van der Waals surface area contributed by atoms with Crippen LogP contribution in [0.3, 0.4) is 0 Å². The number of sulfonamides is 1. The molecule has 11 heteroatoms. The number of nitrogens with zero attached hydrogens (tertiary/aromatic N) is 2. The summed E-state index contributed by atoms with van der Waals surface area (Å²) in [5.41, 5.74) is 1.81. The van der Waals surface area contributed by atoms with Crippen molar-refractivity contribution in [3.8, 4) is 11.5 Å². The molecule has 0 aromatic heterocycles. The van der Waals surface area contributed by atoms with Crippen LogP contribution in [0.4, 0.5) is 10.1 Å². The zero-order valence-electron chi connectivity index (χ0n) is 26.3. The first-order valence-corrected chi connectivity index (χ1v) is 16.7. The molecule has 1 atom stereocenters. The number of hydrogen-bond donors (Lipinski definition) is 1. The number of benzene rings is 3. The van der Waals surface area contributed by atoms with Gasteiger partial charge in [-0.05, 0) is 68.1 Å². The highest BCUT2D eigenvalue weighted by Crippen LogP contribution is 2.32. The van der Waals surface area contributed by atoms with Crippen LogP contribution in [0.2, 0.25) is 0 Å². The Morgan fingerprint density at radius 1 is 0.933 bits per heavy atom. The Morgan fingerprint density at radius 2 is 1.58 bits per heavy atom. The van der Waals surface area contributed by atoms with Crippen LogP contribution < -0.4 is 19.1 Å². The fraction of sp³-hybridized carbons (Fsp3) is 0.412. The molecule has 1 aliphatic rings. The van der Waals surface area contributed by atoms with E-state index in [1.807, 2.05) is 13.8 Å². The van der Waals surface area contributed by atoms with Gasteiger partial charge in [-0.15, -0.1) is 0 Å².